The molecule has 132 valence electrons. The van der Waals surface area contributed by atoms with Gasteiger partial charge < -0.3 is 20.1 Å². The summed E-state index contributed by atoms with van der Waals surface area (Å²) in [4.78, 5) is 37.0. The number of carbonyl (C=O) groups is 3. The lowest BCUT2D eigenvalue weighted by Crippen LogP contribution is -2.52. The number of carbonyl (C=O) groups excluding carboxylic acids is 2. The number of nitrogens with one attached hydrogen (secondary N) is 1. The summed E-state index contributed by atoms with van der Waals surface area (Å²) < 4.78 is 5.51. The van der Waals surface area contributed by atoms with Gasteiger partial charge in [0.1, 0.15) is 12.1 Å². The highest BCUT2D eigenvalue weighted by atomic mass is 32.2. The summed E-state index contributed by atoms with van der Waals surface area (Å²) >= 11 is 1.49. The first-order valence-electron chi connectivity index (χ1n) is 7.70. The Hall–Kier alpha value is -1.28. The maximum absolute atomic E-state index is 12.3. The van der Waals surface area contributed by atoms with Crippen molar-refractivity contribution in [1.82, 2.24) is 10.2 Å². The Morgan fingerprint density at radius 2 is 2.04 bits per heavy atom. The zero-order valence-electron chi connectivity index (χ0n) is 14.1. The Kier molecular flexibility index (Phi) is 7.34. The minimum atomic E-state index is -1.10. The van der Waals surface area contributed by atoms with Crippen molar-refractivity contribution in [3.63, 3.8) is 0 Å². The second-order valence-corrected chi connectivity index (χ2v) is 7.38. The van der Waals surface area contributed by atoms with E-state index in [0.717, 1.165) is 0 Å². The van der Waals surface area contributed by atoms with Crippen LogP contribution in [0.5, 0.6) is 0 Å². The van der Waals surface area contributed by atoms with Crippen LogP contribution < -0.4 is 5.32 Å². The first-order chi connectivity index (χ1) is 10.7. The van der Waals surface area contributed by atoms with Gasteiger partial charge in [-0.3, -0.25) is 9.59 Å². The van der Waals surface area contributed by atoms with Gasteiger partial charge in [-0.2, -0.15) is 0 Å². The van der Waals surface area contributed by atoms with Gasteiger partial charge >= 0.3 is 5.97 Å². The number of aliphatic carboxylic acids is 1. The summed E-state index contributed by atoms with van der Waals surface area (Å²) in [7, 11) is 0. The number of hydrogen-bond donors (Lipinski definition) is 2. The van der Waals surface area contributed by atoms with Gasteiger partial charge in [-0.15, -0.1) is 11.8 Å². The molecule has 0 aromatic rings. The Balaban J connectivity index is 2.60. The molecule has 0 aliphatic carbocycles. The van der Waals surface area contributed by atoms with Crippen molar-refractivity contribution < 1.29 is 24.2 Å². The number of hydrogen-bond acceptors (Lipinski definition) is 5. The Bertz CT molecular complexity index is 450. The molecule has 23 heavy (non-hydrogen) atoms. The third kappa shape index (κ3) is 6.39. The maximum Gasteiger partial charge on any atom is 0.326 e. The van der Waals surface area contributed by atoms with Crippen LogP contribution in [0.4, 0.5) is 0 Å². The van der Waals surface area contributed by atoms with Gasteiger partial charge in [0.25, 0.3) is 0 Å². The molecule has 1 saturated heterocycles. The van der Waals surface area contributed by atoms with Gasteiger partial charge in [-0.25, -0.2) is 4.79 Å². The quantitative estimate of drug-likeness (QED) is 0.716. The van der Waals surface area contributed by atoms with E-state index in [-0.39, 0.29) is 24.5 Å². The van der Waals surface area contributed by atoms with Gasteiger partial charge in [0.15, 0.2) is 0 Å². The normalized spacial score (nSPS) is 19.5. The van der Waals surface area contributed by atoms with Crippen LogP contribution >= 0.6 is 11.8 Å². The summed E-state index contributed by atoms with van der Waals surface area (Å²) in [6, 6.07) is -1.62. The third-order valence-electron chi connectivity index (χ3n) is 3.36. The molecular formula is C15H26N2O5S. The molecule has 8 heteroatoms. The van der Waals surface area contributed by atoms with Crippen molar-refractivity contribution in [2.24, 2.45) is 0 Å². The second-order valence-electron chi connectivity index (χ2n) is 6.38. The predicted molar refractivity (Wildman–Crippen MR) is 88.1 cm³/mol. The fraction of sp³-hybridized carbons (Fsp3) is 0.800. The van der Waals surface area contributed by atoms with E-state index in [1.165, 1.54) is 16.7 Å². The lowest BCUT2D eigenvalue weighted by atomic mass is 10.1. The molecule has 1 heterocycles. The molecule has 0 spiro atoms. The average molecular weight is 346 g/mol. The number of carboxylic acids is 1. The minimum absolute atomic E-state index is 0.0990. The molecule has 2 N–H and O–H groups in total. The number of ether oxygens (including phenoxy) is 1. The van der Waals surface area contributed by atoms with Crippen LogP contribution in [0.15, 0.2) is 0 Å². The minimum Gasteiger partial charge on any atom is -0.480 e. The summed E-state index contributed by atoms with van der Waals surface area (Å²) in [6.45, 7) is 7.62. The Morgan fingerprint density at radius 1 is 1.39 bits per heavy atom. The van der Waals surface area contributed by atoms with Crippen molar-refractivity contribution >= 4 is 29.5 Å². The molecule has 1 fully saturated rings. The van der Waals surface area contributed by atoms with Crippen LogP contribution in [0.3, 0.4) is 0 Å². The SMILES string of the molecule is CCC(=O)N1CSCC1C(=O)NC(CCOC(C)(C)C)C(=O)O. The van der Waals surface area contributed by atoms with Crippen LogP contribution in [0, 0.1) is 0 Å². The fourth-order valence-electron chi connectivity index (χ4n) is 2.12. The molecule has 0 aromatic heterocycles. The van der Waals surface area contributed by atoms with E-state index in [0.29, 0.717) is 18.1 Å². The molecule has 2 atom stereocenters. The monoisotopic (exact) mass is 346 g/mol. The van der Waals surface area contributed by atoms with Gasteiger partial charge in [0.05, 0.1) is 11.5 Å². The van der Waals surface area contributed by atoms with Gasteiger partial charge in [-0.1, -0.05) is 6.92 Å². The van der Waals surface area contributed by atoms with E-state index in [1.54, 1.807) is 6.92 Å². The Labute approximate surface area is 141 Å². The fourth-order valence-corrected chi connectivity index (χ4v) is 3.30. The molecule has 2 amide bonds. The molecule has 0 saturated carbocycles. The first kappa shape index (κ1) is 19.8. The van der Waals surface area contributed by atoms with E-state index in [1.807, 2.05) is 20.8 Å². The van der Waals surface area contributed by atoms with Crippen molar-refractivity contribution in [1.29, 1.82) is 0 Å². The molecule has 7 nitrogen and oxygen atoms in total. The molecule has 1 aliphatic rings. The number of rotatable bonds is 7. The lowest BCUT2D eigenvalue weighted by molar-refractivity contribution is -0.144. The van der Waals surface area contributed by atoms with Crippen molar-refractivity contribution in [2.75, 3.05) is 18.2 Å². The van der Waals surface area contributed by atoms with E-state index < -0.39 is 24.0 Å². The zero-order chi connectivity index (χ0) is 17.6. The molecule has 0 aromatic carbocycles. The van der Waals surface area contributed by atoms with E-state index in [9.17, 15) is 19.5 Å². The molecule has 1 aliphatic heterocycles. The number of nitrogens with zero attached hydrogens (tertiary/aromatic N) is 1. The second kappa shape index (κ2) is 8.54. The topological polar surface area (TPSA) is 95.9 Å². The molecule has 0 radical (unpaired) electrons. The lowest BCUT2D eigenvalue weighted by Gasteiger charge is -2.25. The molecule has 1 rings (SSSR count). The summed E-state index contributed by atoms with van der Waals surface area (Å²) in [5.74, 6) is -0.661. The molecule has 0 bridgehead atoms. The van der Waals surface area contributed by atoms with E-state index >= 15 is 0 Å². The Morgan fingerprint density at radius 3 is 2.57 bits per heavy atom. The standard InChI is InChI=1S/C15H26N2O5S/c1-5-12(18)17-9-23-8-11(17)13(19)16-10(14(20)21)6-7-22-15(2,3)4/h10-11H,5-9H2,1-4H3,(H,16,19)(H,20,21). The number of amides is 2. The van der Waals surface area contributed by atoms with Crippen LogP contribution in [-0.4, -0.2) is 63.7 Å². The van der Waals surface area contributed by atoms with Crippen LogP contribution in [-0.2, 0) is 19.1 Å². The first-order valence-corrected chi connectivity index (χ1v) is 8.85. The van der Waals surface area contributed by atoms with Crippen LogP contribution in [0.25, 0.3) is 0 Å². The third-order valence-corrected chi connectivity index (χ3v) is 4.38. The highest BCUT2D eigenvalue weighted by Gasteiger charge is 2.35. The van der Waals surface area contributed by atoms with Crippen molar-refractivity contribution in [3.05, 3.63) is 0 Å². The summed E-state index contributed by atoms with van der Waals surface area (Å²) in [6.07, 6.45) is 0.506. The average Bonchev–Trinajstić information content (AvgIpc) is 2.93. The smallest absolute Gasteiger partial charge is 0.326 e. The summed E-state index contributed by atoms with van der Waals surface area (Å²) in [5.41, 5.74) is -0.362. The molecule has 2 unspecified atom stereocenters. The number of thioether (sulfide) groups is 1. The largest absolute Gasteiger partial charge is 0.480 e. The highest BCUT2D eigenvalue weighted by Crippen LogP contribution is 2.22. The van der Waals surface area contributed by atoms with E-state index in [4.69, 9.17) is 4.74 Å². The van der Waals surface area contributed by atoms with Gasteiger partial charge in [0, 0.05) is 25.2 Å². The zero-order valence-corrected chi connectivity index (χ0v) is 14.9. The van der Waals surface area contributed by atoms with Crippen LogP contribution in [0.2, 0.25) is 0 Å². The van der Waals surface area contributed by atoms with Gasteiger partial charge in [0.2, 0.25) is 11.8 Å². The predicted octanol–water partition coefficient (Wildman–Crippen LogP) is 1.07. The van der Waals surface area contributed by atoms with Crippen molar-refractivity contribution in [2.45, 2.75) is 58.2 Å². The molecular weight excluding hydrogens is 320 g/mol. The highest BCUT2D eigenvalue weighted by molar-refractivity contribution is 7.99. The van der Waals surface area contributed by atoms with Gasteiger partial charge in [-0.05, 0) is 20.8 Å². The number of carboxylic acid groups (broad SMARTS) is 1. The summed E-state index contributed by atoms with van der Waals surface area (Å²) in [5, 5.41) is 11.8. The van der Waals surface area contributed by atoms with Crippen LogP contribution in [0.1, 0.15) is 40.5 Å². The van der Waals surface area contributed by atoms with E-state index in [2.05, 4.69) is 5.32 Å². The van der Waals surface area contributed by atoms with Crippen molar-refractivity contribution in [3.8, 4) is 0 Å². The maximum atomic E-state index is 12.3.